The lowest BCUT2D eigenvalue weighted by molar-refractivity contribution is -0.519. The van der Waals surface area contributed by atoms with E-state index in [0.717, 1.165) is 35.5 Å². The number of aliphatic hydroxyl groups excluding tert-OH is 1. The van der Waals surface area contributed by atoms with Crippen LogP contribution < -0.4 is 4.74 Å². The summed E-state index contributed by atoms with van der Waals surface area (Å²) in [5, 5.41) is 9.49. The van der Waals surface area contributed by atoms with E-state index in [1.807, 2.05) is 24.3 Å². The van der Waals surface area contributed by atoms with Crippen molar-refractivity contribution in [2.75, 3.05) is 20.2 Å². The zero-order chi connectivity index (χ0) is 28.3. The molecule has 0 saturated heterocycles. The molecular formula is C37H40NO2+. The Morgan fingerprint density at radius 2 is 1.40 bits per heavy atom. The molecule has 0 spiro atoms. The van der Waals surface area contributed by atoms with Gasteiger partial charge in [-0.1, -0.05) is 90.5 Å². The highest BCUT2D eigenvalue weighted by atomic mass is 16.5. The standard InChI is InChI=1S/C37H40NO2/c1-5-38(6-2)34-23-19-32(20-24-34)37(33-21-25-35(40-4)26-22-33)10-8-7-9-36(30-15-11-28(3)12-16-30)31-17-13-29(27-39)14-18-31/h7-26,36,39H,5-6,27H2,1-4H3/q+1. The highest BCUT2D eigenvalue weighted by Gasteiger charge is 2.13. The quantitative estimate of drug-likeness (QED) is 0.214. The van der Waals surface area contributed by atoms with Gasteiger partial charge in [0.25, 0.3) is 0 Å². The fraction of sp³-hybridized carbons (Fsp3) is 0.216. The number of benzene rings is 3. The van der Waals surface area contributed by atoms with E-state index in [0.29, 0.717) is 0 Å². The van der Waals surface area contributed by atoms with Crippen LogP contribution in [-0.4, -0.2) is 35.6 Å². The van der Waals surface area contributed by atoms with Crippen molar-refractivity contribution < 1.29 is 14.4 Å². The van der Waals surface area contributed by atoms with Gasteiger partial charge in [-0.15, -0.1) is 0 Å². The normalized spacial score (nSPS) is 13.8. The number of methoxy groups -OCH3 is 1. The Balaban J connectivity index is 1.68. The van der Waals surface area contributed by atoms with Gasteiger partial charge in [0.2, 0.25) is 0 Å². The monoisotopic (exact) mass is 530 g/mol. The molecule has 0 fully saturated rings. The molecule has 204 valence electrons. The second-order valence-electron chi connectivity index (χ2n) is 9.89. The van der Waals surface area contributed by atoms with Crippen LogP contribution in [-0.2, 0) is 6.61 Å². The van der Waals surface area contributed by atoms with Crippen molar-refractivity contribution in [1.82, 2.24) is 0 Å². The molecule has 3 aromatic rings. The molecule has 0 amide bonds. The maximum atomic E-state index is 9.49. The fourth-order valence-corrected chi connectivity index (χ4v) is 4.92. The molecule has 40 heavy (non-hydrogen) atoms. The SMILES string of the molecule is CC[N+](CC)=C1C=CC(=C(C=CC=CC(c2ccc(C)cc2)c2ccc(CO)cc2)c2ccc(OC)cc2)C=C1. The van der Waals surface area contributed by atoms with Crippen molar-refractivity contribution in [3.05, 3.63) is 155 Å². The van der Waals surface area contributed by atoms with Crippen LogP contribution in [0.4, 0.5) is 0 Å². The van der Waals surface area contributed by atoms with Crippen molar-refractivity contribution in [2.45, 2.75) is 33.3 Å². The molecule has 0 bridgehead atoms. The third kappa shape index (κ3) is 7.25. The highest BCUT2D eigenvalue weighted by Crippen LogP contribution is 2.29. The van der Waals surface area contributed by atoms with E-state index >= 15 is 0 Å². The van der Waals surface area contributed by atoms with Crippen molar-refractivity contribution in [2.24, 2.45) is 0 Å². The highest BCUT2D eigenvalue weighted by molar-refractivity contribution is 6.03. The lowest BCUT2D eigenvalue weighted by Crippen LogP contribution is -2.19. The van der Waals surface area contributed by atoms with Crippen molar-refractivity contribution in [1.29, 1.82) is 0 Å². The Morgan fingerprint density at radius 1 is 0.800 bits per heavy atom. The molecule has 0 aliphatic heterocycles. The van der Waals surface area contributed by atoms with Crippen LogP contribution in [0.1, 0.15) is 47.6 Å². The summed E-state index contributed by atoms with van der Waals surface area (Å²) in [4.78, 5) is 0. The number of ether oxygens (including phenoxy) is 1. The lowest BCUT2D eigenvalue weighted by Gasteiger charge is -2.15. The van der Waals surface area contributed by atoms with E-state index in [1.54, 1.807) is 7.11 Å². The minimum absolute atomic E-state index is 0.0495. The Bertz CT molecular complexity index is 1420. The van der Waals surface area contributed by atoms with E-state index in [1.165, 1.54) is 28.0 Å². The predicted molar refractivity (Wildman–Crippen MR) is 168 cm³/mol. The van der Waals surface area contributed by atoms with Crippen LogP contribution in [0.5, 0.6) is 5.75 Å². The summed E-state index contributed by atoms with van der Waals surface area (Å²) in [7, 11) is 1.69. The third-order valence-electron chi connectivity index (χ3n) is 7.34. The summed E-state index contributed by atoms with van der Waals surface area (Å²) in [6, 6.07) is 25.1. The van der Waals surface area contributed by atoms with Crippen molar-refractivity contribution >= 4 is 11.3 Å². The molecule has 0 saturated carbocycles. The number of aryl methyl sites for hydroxylation is 1. The first kappa shape index (κ1) is 28.8. The van der Waals surface area contributed by atoms with Gasteiger partial charge in [0.1, 0.15) is 18.8 Å². The zero-order valence-corrected chi connectivity index (χ0v) is 24.0. The first-order valence-corrected chi connectivity index (χ1v) is 14.0. The second-order valence-corrected chi connectivity index (χ2v) is 9.89. The van der Waals surface area contributed by atoms with E-state index in [2.05, 4.69) is 122 Å². The minimum Gasteiger partial charge on any atom is -0.497 e. The number of allylic oxidation sites excluding steroid dienone is 10. The lowest BCUT2D eigenvalue weighted by atomic mass is 9.89. The number of nitrogens with zero attached hydrogens (tertiary/aromatic N) is 1. The van der Waals surface area contributed by atoms with Crippen LogP contribution in [0.25, 0.3) is 5.57 Å². The summed E-state index contributed by atoms with van der Waals surface area (Å²) in [6.45, 7) is 8.51. The Hall–Kier alpha value is -4.21. The van der Waals surface area contributed by atoms with Gasteiger partial charge >= 0.3 is 0 Å². The maximum absolute atomic E-state index is 9.49. The maximum Gasteiger partial charge on any atom is 0.199 e. The molecule has 0 aromatic heterocycles. The summed E-state index contributed by atoms with van der Waals surface area (Å²) in [5.41, 5.74) is 9.28. The summed E-state index contributed by atoms with van der Waals surface area (Å²) in [5.74, 6) is 0.952. The van der Waals surface area contributed by atoms with Crippen LogP contribution >= 0.6 is 0 Å². The topological polar surface area (TPSA) is 32.5 Å². The van der Waals surface area contributed by atoms with Gasteiger partial charge < -0.3 is 9.84 Å². The van der Waals surface area contributed by atoms with Crippen molar-refractivity contribution in [3.63, 3.8) is 0 Å². The fourth-order valence-electron chi connectivity index (χ4n) is 4.92. The molecular weight excluding hydrogens is 490 g/mol. The largest absolute Gasteiger partial charge is 0.497 e. The smallest absolute Gasteiger partial charge is 0.199 e. The van der Waals surface area contributed by atoms with Crippen molar-refractivity contribution in [3.8, 4) is 5.75 Å². The molecule has 0 heterocycles. The van der Waals surface area contributed by atoms with Gasteiger partial charge in [-0.05, 0) is 78.5 Å². The number of hydrogen-bond acceptors (Lipinski definition) is 2. The Morgan fingerprint density at radius 3 is 1.95 bits per heavy atom. The first-order chi connectivity index (χ1) is 19.6. The molecule has 1 aliphatic carbocycles. The predicted octanol–water partition coefficient (Wildman–Crippen LogP) is 7.81. The van der Waals surface area contributed by atoms with Crippen LogP contribution in [0.15, 0.2) is 127 Å². The summed E-state index contributed by atoms with van der Waals surface area (Å²) in [6.07, 6.45) is 17.5. The first-order valence-electron chi connectivity index (χ1n) is 14.0. The third-order valence-corrected chi connectivity index (χ3v) is 7.34. The summed E-state index contributed by atoms with van der Waals surface area (Å²) < 4.78 is 7.75. The van der Waals surface area contributed by atoms with Gasteiger partial charge in [0, 0.05) is 18.1 Å². The molecule has 1 atom stereocenters. The van der Waals surface area contributed by atoms with Gasteiger partial charge in [0.15, 0.2) is 5.71 Å². The van der Waals surface area contributed by atoms with Gasteiger partial charge in [-0.2, -0.15) is 0 Å². The van der Waals surface area contributed by atoms with E-state index in [9.17, 15) is 5.11 Å². The summed E-state index contributed by atoms with van der Waals surface area (Å²) >= 11 is 0. The average Bonchev–Trinajstić information content (AvgIpc) is 3.01. The van der Waals surface area contributed by atoms with Crippen LogP contribution in [0.2, 0.25) is 0 Å². The number of aliphatic hydroxyl groups is 1. The van der Waals surface area contributed by atoms with E-state index in [-0.39, 0.29) is 12.5 Å². The molecule has 0 radical (unpaired) electrons. The minimum atomic E-state index is 0.0495. The molecule has 1 unspecified atom stereocenters. The molecule has 3 nitrogen and oxygen atoms in total. The van der Waals surface area contributed by atoms with Gasteiger partial charge in [-0.25, -0.2) is 4.58 Å². The molecule has 4 rings (SSSR count). The Kier molecular flexibility index (Phi) is 10.3. The van der Waals surface area contributed by atoms with Gasteiger partial charge in [0.05, 0.1) is 13.7 Å². The second kappa shape index (κ2) is 14.3. The number of rotatable bonds is 10. The zero-order valence-electron chi connectivity index (χ0n) is 24.0. The van der Waals surface area contributed by atoms with Crippen LogP contribution in [0.3, 0.4) is 0 Å². The molecule has 1 N–H and O–H groups in total. The van der Waals surface area contributed by atoms with E-state index in [4.69, 9.17) is 4.74 Å². The molecule has 1 aliphatic rings. The van der Waals surface area contributed by atoms with Crippen LogP contribution in [0, 0.1) is 6.92 Å². The number of hydrogen-bond donors (Lipinski definition) is 1. The van der Waals surface area contributed by atoms with E-state index < -0.39 is 0 Å². The molecule has 3 aromatic carbocycles. The Labute approximate surface area is 239 Å². The average molecular weight is 531 g/mol. The van der Waals surface area contributed by atoms with Gasteiger partial charge in [-0.3, -0.25) is 0 Å². The molecule has 3 heteroatoms.